The van der Waals surface area contributed by atoms with Gasteiger partial charge in [0.2, 0.25) is 0 Å². The zero-order chi connectivity index (χ0) is 17.6. The molecule has 0 radical (unpaired) electrons. The monoisotopic (exact) mass is 332 g/mol. The lowest BCUT2D eigenvalue weighted by atomic mass is 10.1. The Morgan fingerprint density at radius 3 is 1.30 bits per heavy atom. The van der Waals surface area contributed by atoms with Gasteiger partial charge in [-0.1, -0.05) is 77.6 Å². The third-order valence-electron chi connectivity index (χ3n) is 3.81. The standard InChI is InChI=1S/C13H26O2.C6H14O2/c1-2-3-4-5-6-7-8-9-10-11-12-13(14)15;7-5-3-1-2-4-6-8/h2-12H2,1H3,(H,14,15);7-8H,1-6H2. The van der Waals surface area contributed by atoms with E-state index in [1.165, 1.54) is 51.4 Å². The molecule has 3 N–H and O–H groups in total. The summed E-state index contributed by atoms with van der Waals surface area (Å²) in [4.78, 5) is 10.2. The second-order valence-electron chi connectivity index (χ2n) is 6.19. The number of carbonyl (C=O) groups is 1. The van der Waals surface area contributed by atoms with E-state index in [-0.39, 0.29) is 13.2 Å². The topological polar surface area (TPSA) is 77.8 Å². The molecule has 0 rings (SSSR count). The maximum absolute atomic E-state index is 10.2. The highest BCUT2D eigenvalue weighted by Crippen LogP contribution is 2.11. The Bertz CT molecular complexity index is 213. The van der Waals surface area contributed by atoms with Crippen LogP contribution in [0.2, 0.25) is 0 Å². The molecule has 0 saturated carbocycles. The summed E-state index contributed by atoms with van der Waals surface area (Å²) in [6, 6.07) is 0. The summed E-state index contributed by atoms with van der Waals surface area (Å²) in [6.07, 6.45) is 16.7. The quantitative estimate of drug-likeness (QED) is 0.351. The minimum absolute atomic E-state index is 0.283. The minimum atomic E-state index is -0.658. The molecule has 0 spiro atoms. The summed E-state index contributed by atoms with van der Waals surface area (Å²) in [5, 5.41) is 25.0. The van der Waals surface area contributed by atoms with Gasteiger partial charge in [0.25, 0.3) is 0 Å². The Labute approximate surface area is 143 Å². The van der Waals surface area contributed by atoms with Crippen LogP contribution in [0, 0.1) is 0 Å². The van der Waals surface area contributed by atoms with Gasteiger partial charge in [-0.3, -0.25) is 4.79 Å². The van der Waals surface area contributed by atoms with E-state index in [9.17, 15) is 4.79 Å². The SMILES string of the molecule is CCCCCCCCCCCCC(=O)O.OCCCCCCO. The van der Waals surface area contributed by atoms with E-state index in [0.29, 0.717) is 6.42 Å². The van der Waals surface area contributed by atoms with Crippen LogP contribution in [0.25, 0.3) is 0 Å². The van der Waals surface area contributed by atoms with Crippen molar-refractivity contribution in [3.8, 4) is 0 Å². The molecule has 0 aliphatic heterocycles. The molecule has 140 valence electrons. The maximum atomic E-state index is 10.2. The van der Waals surface area contributed by atoms with Crippen molar-refractivity contribution in [1.82, 2.24) is 0 Å². The van der Waals surface area contributed by atoms with Gasteiger partial charge in [0, 0.05) is 19.6 Å². The molecule has 0 unspecified atom stereocenters. The van der Waals surface area contributed by atoms with Gasteiger partial charge in [0.15, 0.2) is 0 Å². The van der Waals surface area contributed by atoms with Gasteiger partial charge in [-0.25, -0.2) is 0 Å². The van der Waals surface area contributed by atoms with E-state index in [1.54, 1.807) is 0 Å². The van der Waals surface area contributed by atoms with Crippen molar-refractivity contribution >= 4 is 5.97 Å². The summed E-state index contributed by atoms with van der Waals surface area (Å²) in [7, 11) is 0. The molecule has 0 atom stereocenters. The summed E-state index contributed by atoms with van der Waals surface area (Å²) < 4.78 is 0. The zero-order valence-corrected chi connectivity index (χ0v) is 15.3. The number of aliphatic hydroxyl groups excluding tert-OH is 2. The predicted octanol–water partition coefficient (Wildman–Crippen LogP) is 4.91. The lowest BCUT2D eigenvalue weighted by Gasteiger charge is -2.01. The van der Waals surface area contributed by atoms with Crippen LogP contribution in [-0.4, -0.2) is 34.5 Å². The van der Waals surface area contributed by atoms with E-state index in [4.69, 9.17) is 15.3 Å². The molecule has 0 aromatic carbocycles. The smallest absolute Gasteiger partial charge is 0.303 e. The van der Waals surface area contributed by atoms with Gasteiger partial charge in [-0.15, -0.1) is 0 Å². The summed E-state index contributed by atoms with van der Waals surface area (Å²) >= 11 is 0. The molecule has 0 heterocycles. The fourth-order valence-corrected chi connectivity index (χ4v) is 2.34. The van der Waals surface area contributed by atoms with Crippen molar-refractivity contribution in [2.75, 3.05) is 13.2 Å². The molecule has 0 aliphatic carbocycles. The number of unbranched alkanes of at least 4 members (excludes halogenated alkanes) is 12. The predicted molar refractivity (Wildman–Crippen MR) is 96.7 cm³/mol. The van der Waals surface area contributed by atoms with Crippen molar-refractivity contribution in [2.24, 2.45) is 0 Å². The molecule has 0 fully saturated rings. The highest BCUT2D eigenvalue weighted by atomic mass is 16.4. The first-order valence-electron chi connectivity index (χ1n) is 9.62. The van der Waals surface area contributed by atoms with Gasteiger partial charge < -0.3 is 15.3 Å². The van der Waals surface area contributed by atoms with Crippen LogP contribution >= 0.6 is 0 Å². The molecule has 0 aliphatic rings. The number of aliphatic carboxylic acids is 1. The normalized spacial score (nSPS) is 10.2. The van der Waals surface area contributed by atoms with Crippen molar-refractivity contribution < 1.29 is 20.1 Å². The number of rotatable bonds is 16. The molecule has 0 amide bonds. The third-order valence-corrected chi connectivity index (χ3v) is 3.81. The molecule has 0 aromatic rings. The number of aliphatic hydroxyl groups is 2. The molecule has 0 saturated heterocycles. The molecular formula is C19H40O4. The Morgan fingerprint density at radius 1 is 0.609 bits per heavy atom. The number of hydrogen-bond donors (Lipinski definition) is 3. The Hall–Kier alpha value is -0.610. The molecule has 0 aromatic heterocycles. The van der Waals surface area contributed by atoms with Crippen molar-refractivity contribution in [1.29, 1.82) is 0 Å². The zero-order valence-electron chi connectivity index (χ0n) is 15.3. The number of hydrogen-bond acceptors (Lipinski definition) is 3. The van der Waals surface area contributed by atoms with Crippen LogP contribution in [0.3, 0.4) is 0 Å². The lowest BCUT2D eigenvalue weighted by Crippen LogP contribution is -1.93. The van der Waals surface area contributed by atoms with Crippen LogP contribution in [-0.2, 0) is 4.79 Å². The Kier molecular flexibility index (Phi) is 25.3. The lowest BCUT2D eigenvalue weighted by molar-refractivity contribution is -0.137. The number of carboxylic acids is 1. The van der Waals surface area contributed by atoms with Crippen LogP contribution in [0.1, 0.15) is 103 Å². The minimum Gasteiger partial charge on any atom is -0.481 e. The van der Waals surface area contributed by atoms with E-state index >= 15 is 0 Å². The van der Waals surface area contributed by atoms with E-state index in [2.05, 4.69) is 6.92 Å². The van der Waals surface area contributed by atoms with Crippen LogP contribution in [0.5, 0.6) is 0 Å². The molecule has 23 heavy (non-hydrogen) atoms. The third kappa shape index (κ3) is 29.9. The van der Waals surface area contributed by atoms with Crippen molar-refractivity contribution in [2.45, 2.75) is 103 Å². The second-order valence-corrected chi connectivity index (χ2v) is 6.19. The van der Waals surface area contributed by atoms with Crippen LogP contribution in [0.15, 0.2) is 0 Å². The summed E-state index contributed by atoms with van der Waals surface area (Å²) in [6.45, 7) is 2.80. The van der Waals surface area contributed by atoms with Crippen molar-refractivity contribution in [3.63, 3.8) is 0 Å². The number of carboxylic acid groups (broad SMARTS) is 1. The summed E-state index contributed by atoms with van der Waals surface area (Å²) in [5.74, 6) is -0.658. The van der Waals surface area contributed by atoms with Crippen LogP contribution < -0.4 is 0 Å². The van der Waals surface area contributed by atoms with E-state index in [0.717, 1.165) is 38.5 Å². The second kappa shape index (κ2) is 23.7. The molecular weight excluding hydrogens is 292 g/mol. The average Bonchev–Trinajstić information content (AvgIpc) is 2.54. The first-order chi connectivity index (χ1) is 11.2. The Morgan fingerprint density at radius 2 is 0.957 bits per heavy atom. The van der Waals surface area contributed by atoms with Gasteiger partial charge >= 0.3 is 5.97 Å². The van der Waals surface area contributed by atoms with Gasteiger partial charge in [-0.2, -0.15) is 0 Å². The molecule has 0 bridgehead atoms. The Balaban J connectivity index is 0. The highest BCUT2D eigenvalue weighted by molar-refractivity contribution is 5.66. The molecule has 4 heteroatoms. The fourth-order valence-electron chi connectivity index (χ4n) is 2.34. The summed E-state index contributed by atoms with van der Waals surface area (Å²) in [5.41, 5.74) is 0. The van der Waals surface area contributed by atoms with Gasteiger partial charge in [0.1, 0.15) is 0 Å². The highest BCUT2D eigenvalue weighted by Gasteiger charge is 1.96. The maximum Gasteiger partial charge on any atom is 0.303 e. The molecule has 4 nitrogen and oxygen atoms in total. The fraction of sp³-hybridized carbons (Fsp3) is 0.947. The first-order valence-corrected chi connectivity index (χ1v) is 9.62. The largest absolute Gasteiger partial charge is 0.481 e. The van der Waals surface area contributed by atoms with Crippen molar-refractivity contribution in [3.05, 3.63) is 0 Å². The van der Waals surface area contributed by atoms with E-state index < -0.39 is 5.97 Å². The van der Waals surface area contributed by atoms with Gasteiger partial charge in [-0.05, 0) is 19.3 Å². The van der Waals surface area contributed by atoms with Gasteiger partial charge in [0.05, 0.1) is 0 Å². The van der Waals surface area contributed by atoms with E-state index in [1.807, 2.05) is 0 Å². The van der Waals surface area contributed by atoms with Crippen LogP contribution in [0.4, 0.5) is 0 Å². The first kappa shape index (κ1) is 24.6. The average molecular weight is 333 g/mol.